The van der Waals surface area contributed by atoms with Crippen molar-refractivity contribution in [2.45, 2.75) is 6.92 Å². The van der Waals surface area contributed by atoms with E-state index < -0.39 is 10.8 Å². The van der Waals surface area contributed by atoms with Gasteiger partial charge in [0, 0.05) is 17.4 Å². The standard InChI is InChI=1S/C13H13N5O3/c1-8-2-3-10(7-15-8)16-13(19)11-6-9(17-14)4-5-12(11)18(20)21/h2-7,17H,14H2,1H3,(H,16,19). The average molecular weight is 287 g/mol. The second-order valence-corrected chi connectivity index (χ2v) is 4.28. The van der Waals surface area contributed by atoms with Crippen molar-refractivity contribution in [3.63, 3.8) is 0 Å². The number of carbonyl (C=O) groups is 1. The van der Waals surface area contributed by atoms with E-state index in [0.717, 1.165) is 5.69 Å². The highest BCUT2D eigenvalue weighted by molar-refractivity contribution is 6.07. The van der Waals surface area contributed by atoms with Crippen molar-refractivity contribution in [1.29, 1.82) is 0 Å². The van der Waals surface area contributed by atoms with Crippen molar-refractivity contribution in [3.05, 3.63) is 57.9 Å². The Morgan fingerprint density at radius 3 is 2.57 bits per heavy atom. The summed E-state index contributed by atoms with van der Waals surface area (Å²) in [6.45, 7) is 1.81. The summed E-state index contributed by atoms with van der Waals surface area (Å²) >= 11 is 0. The molecule has 1 aromatic heterocycles. The van der Waals surface area contributed by atoms with E-state index in [1.165, 1.54) is 24.4 Å². The van der Waals surface area contributed by atoms with Gasteiger partial charge in [0.05, 0.1) is 16.8 Å². The zero-order valence-electron chi connectivity index (χ0n) is 11.2. The van der Waals surface area contributed by atoms with Gasteiger partial charge in [0.15, 0.2) is 0 Å². The van der Waals surface area contributed by atoms with Gasteiger partial charge >= 0.3 is 0 Å². The number of aromatic nitrogens is 1. The lowest BCUT2D eigenvalue weighted by Gasteiger charge is -2.07. The second-order valence-electron chi connectivity index (χ2n) is 4.28. The predicted molar refractivity (Wildman–Crippen MR) is 77.8 cm³/mol. The van der Waals surface area contributed by atoms with Crippen molar-refractivity contribution < 1.29 is 9.72 Å². The van der Waals surface area contributed by atoms with Crippen LogP contribution in [0, 0.1) is 17.0 Å². The van der Waals surface area contributed by atoms with Crippen LogP contribution in [0.5, 0.6) is 0 Å². The molecular formula is C13H13N5O3. The van der Waals surface area contributed by atoms with Gasteiger partial charge < -0.3 is 10.7 Å². The Kier molecular flexibility index (Phi) is 4.10. The third-order valence-electron chi connectivity index (χ3n) is 2.77. The minimum absolute atomic E-state index is 0.0870. The molecule has 0 saturated carbocycles. The number of nitro benzene ring substituents is 1. The zero-order chi connectivity index (χ0) is 15.4. The third kappa shape index (κ3) is 3.31. The molecule has 1 amide bonds. The lowest BCUT2D eigenvalue weighted by Crippen LogP contribution is -2.15. The highest BCUT2D eigenvalue weighted by Gasteiger charge is 2.20. The first-order valence-corrected chi connectivity index (χ1v) is 6.00. The van der Waals surface area contributed by atoms with Crippen molar-refractivity contribution in [2.75, 3.05) is 10.7 Å². The molecule has 1 aromatic carbocycles. The van der Waals surface area contributed by atoms with Gasteiger partial charge in [0.2, 0.25) is 0 Å². The molecule has 8 nitrogen and oxygen atoms in total. The molecule has 1 heterocycles. The first kappa shape index (κ1) is 14.4. The average Bonchev–Trinajstić information content (AvgIpc) is 2.48. The monoisotopic (exact) mass is 287 g/mol. The number of nitrogens with two attached hydrogens (primary N) is 1. The molecule has 0 spiro atoms. The smallest absolute Gasteiger partial charge is 0.282 e. The molecule has 2 rings (SSSR count). The first-order valence-electron chi connectivity index (χ1n) is 6.00. The molecule has 2 aromatic rings. The van der Waals surface area contributed by atoms with Crippen molar-refractivity contribution >= 4 is 23.0 Å². The van der Waals surface area contributed by atoms with Gasteiger partial charge in [0.1, 0.15) is 5.56 Å². The molecule has 0 aliphatic heterocycles. The molecular weight excluding hydrogens is 274 g/mol. The van der Waals surface area contributed by atoms with E-state index in [1.807, 2.05) is 6.92 Å². The summed E-state index contributed by atoms with van der Waals surface area (Å²) in [6, 6.07) is 7.34. The van der Waals surface area contributed by atoms with Crippen LogP contribution in [0.1, 0.15) is 16.1 Å². The summed E-state index contributed by atoms with van der Waals surface area (Å²) in [4.78, 5) is 26.6. The molecule has 0 radical (unpaired) electrons. The molecule has 0 unspecified atom stereocenters. The van der Waals surface area contributed by atoms with E-state index in [4.69, 9.17) is 5.84 Å². The minimum Gasteiger partial charge on any atom is -0.324 e. The van der Waals surface area contributed by atoms with Crippen LogP contribution in [-0.2, 0) is 0 Å². The fourth-order valence-corrected chi connectivity index (χ4v) is 1.71. The Labute approximate surface area is 120 Å². The maximum absolute atomic E-state index is 12.2. The van der Waals surface area contributed by atoms with Gasteiger partial charge in [0.25, 0.3) is 11.6 Å². The van der Waals surface area contributed by atoms with E-state index >= 15 is 0 Å². The normalized spacial score (nSPS) is 10.0. The Morgan fingerprint density at radius 2 is 2.00 bits per heavy atom. The topological polar surface area (TPSA) is 123 Å². The van der Waals surface area contributed by atoms with Crippen LogP contribution in [-0.4, -0.2) is 15.8 Å². The molecule has 0 fully saturated rings. The number of amides is 1. The fourth-order valence-electron chi connectivity index (χ4n) is 1.71. The van der Waals surface area contributed by atoms with Gasteiger partial charge in [-0.25, -0.2) is 0 Å². The number of anilines is 2. The number of carbonyl (C=O) groups excluding carboxylic acids is 1. The zero-order valence-corrected chi connectivity index (χ0v) is 11.2. The summed E-state index contributed by atoms with van der Waals surface area (Å²) in [5.41, 5.74) is 3.60. The van der Waals surface area contributed by atoms with Crippen LogP contribution < -0.4 is 16.6 Å². The number of nitro groups is 1. The highest BCUT2D eigenvalue weighted by atomic mass is 16.6. The van der Waals surface area contributed by atoms with Gasteiger partial charge in [-0.05, 0) is 31.2 Å². The van der Waals surface area contributed by atoms with Crippen LogP contribution in [0.25, 0.3) is 0 Å². The SMILES string of the molecule is Cc1ccc(NC(=O)c2cc(NN)ccc2[N+](=O)[O-])cn1. The molecule has 0 atom stereocenters. The largest absolute Gasteiger partial charge is 0.324 e. The number of nitrogen functional groups attached to an aromatic ring is 1. The number of nitrogens with one attached hydrogen (secondary N) is 2. The molecule has 4 N–H and O–H groups in total. The number of rotatable bonds is 4. The van der Waals surface area contributed by atoms with Crippen LogP contribution in [0.15, 0.2) is 36.5 Å². The van der Waals surface area contributed by atoms with Gasteiger partial charge in [-0.15, -0.1) is 0 Å². The fraction of sp³-hybridized carbons (Fsp3) is 0.0769. The number of aryl methyl sites for hydroxylation is 1. The molecule has 108 valence electrons. The third-order valence-corrected chi connectivity index (χ3v) is 2.77. The Morgan fingerprint density at radius 1 is 1.29 bits per heavy atom. The first-order chi connectivity index (χ1) is 10.0. The number of pyridine rings is 1. The summed E-state index contributed by atoms with van der Waals surface area (Å²) in [5.74, 6) is 4.65. The molecule has 0 saturated heterocycles. The van der Waals surface area contributed by atoms with E-state index in [9.17, 15) is 14.9 Å². The summed E-state index contributed by atoms with van der Waals surface area (Å²) in [5, 5.41) is 13.5. The van der Waals surface area contributed by atoms with Crippen LogP contribution >= 0.6 is 0 Å². The van der Waals surface area contributed by atoms with Crippen LogP contribution in [0.2, 0.25) is 0 Å². The van der Waals surface area contributed by atoms with E-state index in [0.29, 0.717) is 11.4 Å². The maximum Gasteiger partial charge on any atom is 0.282 e. The van der Waals surface area contributed by atoms with Gasteiger partial charge in [-0.2, -0.15) is 0 Å². The Hall–Kier alpha value is -3.00. The van der Waals surface area contributed by atoms with Crippen molar-refractivity contribution in [3.8, 4) is 0 Å². The number of hydrogen-bond acceptors (Lipinski definition) is 6. The number of nitrogens with zero attached hydrogens (tertiary/aromatic N) is 2. The number of hydrazine groups is 1. The molecule has 0 bridgehead atoms. The van der Waals surface area contributed by atoms with E-state index in [-0.39, 0.29) is 11.3 Å². The van der Waals surface area contributed by atoms with E-state index in [1.54, 1.807) is 12.1 Å². The Bertz CT molecular complexity index is 685. The summed E-state index contributed by atoms with van der Waals surface area (Å²) in [7, 11) is 0. The number of benzene rings is 1. The quantitative estimate of drug-likeness (QED) is 0.448. The molecule has 21 heavy (non-hydrogen) atoms. The Balaban J connectivity index is 2.33. The predicted octanol–water partition coefficient (Wildman–Crippen LogP) is 1.84. The molecule has 8 heteroatoms. The van der Waals surface area contributed by atoms with Crippen molar-refractivity contribution in [1.82, 2.24) is 4.98 Å². The lowest BCUT2D eigenvalue weighted by atomic mass is 10.1. The number of hydrogen-bond donors (Lipinski definition) is 3. The van der Waals surface area contributed by atoms with Crippen LogP contribution in [0.3, 0.4) is 0 Å². The molecule has 0 aliphatic rings. The maximum atomic E-state index is 12.2. The van der Waals surface area contributed by atoms with Gasteiger partial charge in [-0.1, -0.05) is 0 Å². The molecule has 0 aliphatic carbocycles. The highest BCUT2D eigenvalue weighted by Crippen LogP contribution is 2.23. The van der Waals surface area contributed by atoms with Crippen LogP contribution in [0.4, 0.5) is 17.1 Å². The summed E-state index contributed by atoms with van der Waals surface area (Å²) < 4.78 is 0. The van der Waals surface area contributed by atoms with Crippen molar-refractivity contribution in [2.24, 2.45) is 5.84 Å². The van der Waals surface area contributed by atoms with Gasteiger partial charge in [-0.3, -0.25) is 25.7 Å². The summed E-state index contributed by atoms with van der Waals surface area (Å²) in [6.07, 6.45) is 1.48. The second kappa shape index (κ2) is 5.97. The lowest BCUT2D eigenvalue weighted by molar-refractivity contribution is -0.385. The van der Waals surface area contributed by atoms with E-state index in [2.05, 4.69) is 15.7 Å². The minimum atomic E-state index is -0.622.